The summed E-state index contributed by atoms with van der Waals surface area (Å²) in [5.41, 5.74) is 2.95. The normalized spacial score (nSPS) is 17.0. The zero-order valence-electron chi connectivity index (χ0n) is 14.3. The molecule has 0 aromatic heterocycles. The van der Waals surface area contributed by atoms with Crippen LogP contribution in [0.25, 0.3) is 10.8 Å². The Bertz CT molecular complexity index is 781. The van der Waals surface area contributed by atoms with E-state index in [0.717, 1.165) is 5.92 Å². The van der Waals surface area contributed by atoms with Gasteiger partial charge in [-0.3, -0.25) is 0 Å². The summed E-state index contributed by atoms with van der Waals surface area (Å²) in [6.07, 6.45) is 8.40. The lowest BCUT2D eigenvalue weighted by Crippen LogP contribution is -2.12. The molecule has 122 valence electrons. The van der Waals surface area contributed by atoms with Crippen molar-refractivity contribution in [3.8, 4) is 0 Å². The summed E-state index contributed by atoms with van der Waals surface area (Å²) in [5.74, 6) is 1.41. The average Bonchev–Trinajstić information content (AvgIpc) is 2.67. The first-order valence-corrected chi connectivity index (χ1v) is 9.44. The Balaban J connectivity index is 1.70. The highest BCUT2D eigenvalue weighted by atomic mass is 14.3. The minimum Gasteiger partial charge on any atom is -0.0622 e. The van der Waals surface area contributed by atoms with E-state index in [2.05, 4.69) is 72.8 Å². The van der Waals surface area contributed by atoms with Gasteiger partial charge in [-0.05, 0) is 34.2 Å². The van der Waals surface area contributed by atoms with Crippen LogP contribution in [0.5, 0.6) is 0 Å². The summed E-state index contributed by atoms with van der Waals surface area (Å²) >= 11 is 0. The molecule has 0 spiro atoms. The Kier molecular flexibility index (Phi) is 4.64. The van der Waals surface area contributed by atoms with Gasteiger partial charge in [0.2, 0.25) is 0 Å². The second-order valence-corrected chi connectivity index (χ2v) is 7.31. The highest BCUT2D eigenvalue weighted by Gasteiger charge is 2.21. The van der Waals surface area contributed by atoms with Crippen LogP contribution in [0, 0.1) is 5.92 Å². The second kappa shape index (κ2) is 7.21. The van der Waals surface area contributed by atoms with Gasteiger partial charge in [0, 0.05) is 5.92 Å². The van der Waals surface area contributed by atoms with Gasteiger partial charge in [-0.25, -0.2) is 0 Å². The molecule has 4 rings (SSSR count). The third-order valence-corrected chi connectivity index (χ3v) is 5.67. The Morgan fingerprint density at radius 2 is 1.38 bits per heavy atom. The van der Waals surface area contributed by atoms with Gasteiger partial charge >= 0.3 is 0 Å². The standard InChI is InChI=1S/C24H26/c1-3-9-19(10-4-1)17-24(21-12-5-2-6-13-21)23-16-15-20-11-7-8-14-22(20)18-23/h2,5-8,11-16,18-19,24H,1,3-4,9-10,17H2. The van der Waals surface area contributed by atoms with Gasteiger partial charge in [-0.15, -0.1) is 0 Å². The van der Waals surface area contributed by atoms with Crippen LogP contribution >= 0.6 is 0 Å². The fourth-order valence-corrected chi connectivity index (χ4v) is 4.33. The van der Waals surface area contributed by atoms with Crippen molar-refractivity contribution in [2.75, 3.05) is 0 Å². The second-order valence-electron chi connectivity index (χ2n) is 7.31. The molecule has 0 bridgehead atoms. The van der Waals surface area contributed by atoms with Crippen molar-refractivity contribution in [3.05, 3.63) is 83.9 Å². The summed E-state index contributed by atoms with van der Waals surface area (Å²) in [7, 11) is 0. The summed E-state index contributed by atoms with van der Waals surface area (Å²) in [6, 6.07) is 26.9. The quantitative estimate of drug-likeness (QED) is 0.489. The number of fused-ring (bicyclic) bond motifs is 1. The van der Waals surface area contributed by atoms with Crippen molar-refractivity contribution >= 4 is 10.8 Å². The van der Waals surface area contributed by atoms with Crippen LogP contribution in [-0.4, -0.2) is 0 Å². The SMILES string of the molecule is c1ccc(C(CC2CCCCC2)c2ccc3ccccc3c2)cc1. The molecule has 0 aliphatic heterocycles. The molecule has 0 amide bonds. The Hall–Kier alpha value is -2.08. The van der Waals surface area contributed by atoms with Crippen molar-refractivity contribution in [2.24, 2.45) is 5.92 Å². The maximum absolute atomic E-state index is 2.41. The molecule has 1 aliphatic rings. The first-order chi connectivity index (χ1) is 11.9. The summed E-state index contributed by atoms with van der Waals surface area (Å²) in [5, 5.41) is 2.70. The van der Waals surface area contributed by atoms with Crippen LogP contribution in [0.1, 0.15) is 55.6 Å². The van der Waals surface area contributed by atoms with E-state index in [0.29, 0.717) is 5.92 Å². The van der Waals surface area contributed by atoms with Crippen molar-refractivity contribution < 1.29 is 0 Å². The lowest BCUT2D eigenvalue weighted by molar-refractivity contribution is 0.328. The third-order valence-electron chi connectivity index (χ3n) is 5.67. The number of hydrogen-bond acceptors (Lipinski definition) is 0. The predicted molar refractivity (Wildman–Crippen MR) is 103 cm³/mol. The first kappa shape index (κ1) is 15.4. The summed E-state index contributed by atoms with van der Waals surface area (Å²) in [4.78, 5) is 0. The summed E-state index contributed by atoms with van der Waals surface area (Å²) in [6.45, 7) is 0. The van der Waals surface area contributed by atoms with Gasteiger partial charge in [0.1, 0.15) is 0 Å². The Labute approximate surface area is 145 Å². The van der Waals surface area contributed by atoms with Crippen LogP contribution < -0.4 is 0 Å². The maximum Gasteiger partial charge on any atom is 0.00921 e. The van der Waals surface area contributed by atoms with Crippen LogP contribution in [0.4, 0.5) is 0 Å². The molecule has 1 saturated carbocycles. The third kappa shape index (κ3) is 3.38. The Morgan fingerprint density at radius 1 is 0.667 bits per heavy atom. The molecule has 1 fully saturated rings. The zero-order chi connectivity index (χ0) is 16.2. The molecule has 1 atom stereocenters. The van der Waals surface area contributed by atoms with Gasteiger partial charge < -0.3 is 0 Å². The van der Waals surface area contributed by atoms with Crippen LogP contribution in [0.15, 0.2) is 72.8 Å². The molecular formula is C24H26. The molecule has 0 radical (unpaired) electrons. The minimum atomic E-state index is 0.527. The van der Waals surface area contributed by atoms with E-state index in [4.69, 9.17) is 0 Å². The largest absolute Gasteiger partial charge is 0.0622 e. The van der Waals surface area contributed by atoms with E-state index >= 15 is 0 Å². The van der Waals surface area contributed by atoms with E-state index in [-0.39, 0.29) is 0 Å². The fraction of sp³-hybridized carbons (Fsp3) is 0.333. The molecule has 3 aromatic carbocycles. The van der Waals surface area contributed by atoms with E-state index < -0.39 is 0 Å². The summed E-state index contributed by atoms with van der Waals surface area (Å²) < 4.78 is 0. The molecule has 3 aromatic rings. The molecule has 1 aliphatic carbocycles. The average molecular weight is 314 g/mol. The van der Waals surface area contributed by atoms with Crippen LogP contribution in [0.2, 0.25) is 0 Å². The van der Waals surface area contributed by atoms with E-state index in [1.54, 1.807) is 0 Å². The molecule has 0 nitrogen and oxygen atoms in total. The van der Waals surface area contributed by atoms with Gasteiger partial charge in [-0.1, -0.05) is 105 Å². The minimum absolute atomic E-state index is 0.527. The van der Waals surface area contributed by atoms with Gasteiger partial charge in [0.25, 0.3) is 0 Å². The monoisotopic (exact) mass is 314 g/mol. The van der Waals surface area contributed by atoms with Crippen LogP contribution in [0.3, 0.4) is 0 Å². The van der Waals surface area contributed by atoms with Crippen molar-refractivity contribution in [3.63, 3.8) is 0 Å². The van der Waals surface area contributed by atoms with E-state index in [1.165, 1.54) is 60.4 Å². The van der Waals surface area contributed by atoms with Crippen molar-refractivity contribution in [1.82, 2.24) is 0 Å². The lowest BCUT2D eigenvalue weighted by atomic mass is 9.78. The van der Waals surface area contributed by atoms with E-state index in [9.17, 15) is 0 Å². The molecule has 0 N–H and O–H groups in total. The highest BCUT2D eigenvalue weighted by molar-refractivity contribution is 5.83. The van der Waals surface area contributed by atoms with E-state index in [1.807, 2.05) is 0 Å². The number of rotatable bonds is 4. The van der Waals surface area contributed by atoms with Crippen molar-refractivity contribution in [1.29, 1.82) is 0 Å². The molecule has 1 unspecified atom stereocenters. The lowest BCUT2D eigenvalue weighted by Gasteiger charge is -2.27. The first-order valence-electron chi connectivity index (χ1n) is 9.44. The molecule has 24 heavy (non-hydrogen) atoms. The van der Waals surface area contributed by atoms with Crippen LogP contribution in [-0.2, 0) is 0 Å². The smallest absolute Gasteiger partial charge is 0.00921 e. The molecule has 0 heterocycles. The van der Waals surface area contributed by atoms with Gasteiger partial charge in [0.15, 0.2) is 0 Å². The Morgan fingerprint density at radius 3 is 2.17 bits per heavy atom. The molecule has 0 heteroatoms. The fourth-order valence-electron chi connectivity index (χ4n) is 4.33. The number of benzene rings is 3. The number of hydrogen-bond donors (Lipinski definition) is 0. The topological polar surface area (TPSA) is 0 Å². The predicted octanol–water partition coefficient (Wildman–Crippen LogP) is 6.94. The zero-order valence-corrected chi connectivity index (χ0v) is 14.3. The highest BCUT2D eigenvalue weighted by Crippen LogP contribution is 2.37. The molecule has 0 saturated heterocycles. The van der Waals surface area contributed by atoms with Gasteiger partial charge in [-0.2, -0.15) is 0 Å². The maximum atomic E-state index is 2.41. The van der Waals surface area contributed by atoms with Crippen molar-refractivity contribution in [2.45, 2.75) is 44.4 Å². The van der Waals surface area contributed by atoms with Gasteiger partial charge in [0.05, 0.1) is 0 Å². The molecular weight excluding hydrogens is 288 g/mol.